The number of hydrogen-bond acceptors (Lipinski definition) is 7. The number of ether oxygens (including phenoxy) is 1. The molecule has 0 fully saturated rings. The number of nitriles is 1. The van der Waals surface area contributed by atoms with Crippen molar-refractivity contribution in [3.8, 4) is 6.07 Å². The number of esters is 1. The average molecular weight is 558 g/mol. The van der Waals surface area contributed by atoms with Crippen LogP contribution in [0, 0.1) is 11.3 Å². The van der Waals surface area contributed by atoms with Gasteiger partial charge in [-0.05, 0) is 55.0 Å². The van der Waals surface area contributed by atoms with Gasteiger partial charge < -0.3 is 10.5 Å². The van der Waals surface area contributed by atoms with Crippen LogP contribution < -0.4 is 10.0 Å². The molecule has 0 spiro atoms. The van der Waals surface area contributed by atoms with Gasteiger partial charge in [0.15, 0.2) is 6.61 Å². The van der Waals surface area contributed by atoms with Crippen LogP contribution in [0.15, 0.2) is 89.0 Å². The summed E-state index contributed by atoms with van der Waals surface area (Å²) in [6.45, 7) is 0.606. The van der Waals surface area contributed by atoms with Crippen LogP contribution in [0.1, 0.15) is 22.8 Å². The minimum Gasteiger partial charge on any atom is -0.454 e. The van der Waals surface area contributed by atoms with E-state index in [1.165, 1.54) is 19.1 Å². The lowest BCUT2D eigenvalue weighted by Crippen LogP contribution is -2.31. The van der Waals surface area contributed by atoms with E-state index in [1.54, 1.807) is 54.6 Å². The summed E-state index contributed by atoms with van der Waals surface area (Å²) in [5.74, 6) is -1.76. The molecule has 0 saturated carbocycles. The number of rotatable bonds is 9. The van der Waals surface area contributed by atoms with Crippen molar-refractivity contribution in [2.75, 3.05) is 10.9 Å². The highest BCUT2D eigenvalue weighted by molar-refractivity contribution is 7.93. The molecule has 0 aromatic heterocycles. The lowest BCUT2D eigenvalue weighted by atomic mass is 10.1. The molecule has 0 amide bonds. The lowest BCUT2D eigenvalue weighted by molar-refractivity contribution is -0.118. The summed E-state index contributed by atoms with van der Waals surface area (Å²) in [5.41, 5.74) is 6.04. The maximum Gasteiger partial charge on any atom is 0.338 e. The van der Waals surface area contributed by atoms with E-state index in [1.807, 2.05) is 6.07 Å². The highest BCUT2D eigenvalue weighted by atomic mass is 35.5. The van der Waals surface area contributed by atoms with Crippen LogP contribution in [0.25, 0.3) is 0 Å². The Labute approximate surface area is 224 Å². The molecule has 3 aromatic rings. The summed E-state index contributed by atoms with van der Waals surface area (Å²) in [6.07, 6.45) is 0. The summed E-state index contributed by atoms with van der Waals surface area (Å²) in [7, 11) is -4.30. The summed E-state index contributed by atoms with van der Waals surface area (Å²) >= 11 is 12.3. The summed E-state index contributed by atoms with van der Waals surface area (Å²) < 4.78 is 33.8. The van der Waals surface area contributed by atoms with Crippen molar-refractivity contribution >= 4 is 50.7 Å². The molecule has 11 heteroatoms. The van der Waals surface area contributed by atoms with E-state index in [0.29, 0.717) is 16.3 Å². The molecule has 0 heterocycles. The van der Waals surface area contributed by atoms with Crippen molar-refractivity contribution in [1.82, 2.24) is 0 Å². The Kier molecular flexibility index (Phi) is 8.95. The smallest absolute Gasteiger partial charge is 0.338 e. The average Bonchev–Trinajstić information content (AvgIpc) is 2.87. The van der Waals surface area contributed by atoms with E-state index in [-0.39, 0.29) is 33.3 Å². The van der Waals surface area contributed by atoms with Gasteiger partial charge in [-0.1, -0.05) is 53.5 Å². The van der Waals surface area contributed by atoms with Crippen LogP contribution in [-0.4, -0.2) is 26.8 Å². The van der Waals surface area contributed by atoms with Crippen LogP contribution in [0.4, 0.5) is 5.69 Å². The van der Waals surface area contributed by atoms with E-state index in [4.69, 9.17) is 38.9 Å². The molecule has 0 aliphatic rings. The quantitative estimate of drug-likeness (QED) is 0.225. The minimum atomic E-state index is -4.30. The van der Waals surface area contributed by atoms with Crippen molar-refractivity contribution in [3.63, 3.8) is 0 Å². The Balaban J connectivity index is 1.97. The van der Waals surface area contributed by atoms with E-state index >= 15 is 0 Å². The number of benzene rings is 3. The fourth-order valence-electron chi connectivity index (χ4n) is 3.28. The molecule has 0 atom stereocenters. The van der Waals surface area contributed by atoms with Crippen molar-refractivity contribution in [3.05, 3.63) is 105 Å². The van der Waals surface area contributed by atoms with Crippen molar-refractivity contribution in [2.45, 2.75) is 18.4 Å². The Hall–Kier alpha value is -3.84. The number of sulfonamides is 1. The molecule has 3 aromatic carbocycles. The third kappa shape index (κ3) is 6.68. The zero-order valence-corrected chi connectivity index (χ0v) is 21.8. The second-order valence-corrected chi connectivity index (χ2v) is 10.5. The van der Waals surface area contributed by atoms with Gasteiger partial charge in [-0.3, -0.25) is 9.10 Å². The molecule has 2 N–H and O–H groups in total. The Bertz CT molecular complexity index is 1500. The number of carbonyl (C=O) groups is 2. The molecular formula is C26H21Cl2N3O5S. The van der Waals surface area contributed by atoms with Crippen LogP contribution >= 0.6 is 23.2 Å². The standard InChI is InChI=1S/C26H21Cl2N3O5S/c1-17(30)22(14-29)24(32)16-36-26(33)19-7-12-23(28)25(13-19)37(34,35)31(15-18-5-3-2-4-6-18)21-10-8-20(27)9-11-21/h2-13H,15-16,30H2,1H3/b22-17+. The van der Waals surface area contributed by atoms with Crippen LogP contribution in [0.3, 0.4) is 0 Å². The monoisotopic (exact) mass is 557 g/mol. The normalized spacial score (nSPS) is 11.7. The van der Waals surface area contributed by atoms with Crippen LogP contribution in [-0.2, 0) is 26.1 Å². The first-order valence-electron chi connectivity index (χ1n) is 10.7. The molecule has 3 rings (SSSR count). The predicted molar refractivity (Wildman–Crippen MR) is 141 cm³/mol. The number of anilines is 1. The van der Waals surface area contributed by atoms with E-state index in [2.05, 4.69) is 0 Å². The van der Waals surface area contributed by atoms with Crippen LogP contribution in [0.2, 0.25) is 10.0 Å². The second-order valence-electron chi connectivity index (χ2n) is 7.79. The highest BCUT2D eigenvalue weighted by Crippen LogP contribution is 2.31. The van der Waals surface area contributed by atoms with Gasteiger partial charge in [0.1, 0.15) is 16.5 Å². The first-order chi connectivity index (χ1) is 17.5. The largest absolute Gasteiger partial charge is 0.454 e. The SMILES string of the molecule is C/C(N)=C(/C#N)C(=O)COC(=O)c1ccc(Cl)c(S(=O)(=O)N(Cc2ccccc2)c2ccc(Cl)cc2)c1. The number of hydrogen-bond donors (Lipinski definition) is 1. The zero-order chi connectivity index (χ0) is 27.2. The number of allylic oxidation sites excluding steroid dienone is 1. The number of Topliss-reactive ketones (excluding diaryl/α,β-unsaturated/α-hetero) is 1. The van der Waals surface area contributed by atoms with E-state index in [0.717, 1.165) is 10.4 Å². The van der Waals surface area contributed by atoms with Gasteiger partial charge in [0.2, 0.25) is 5.78 Å². The fourth-order valence-corrected chi connectivity index (χ4v) is 5.36. The number of ketones is 1. The summed E-state index contributed by atoms with van der Waals surface area (Å²) in [6, 6.07) is 20.4. The van der Waals surface area contributed by atoms with E-state index < -0.39 is 28.4 Å². The zero-order valence-electron chi connectivity index (χ0n) is 19.5. The first-order valence-corrected chi connectivity index (χ1v) is 12.9. The number of halogens is 2. The number of carbonyl (C=O) groups excluding carboxylic acids is 2. The molecule has 0 radical (unpaired) electrons. The van der Waals surface area contributed by atoms with Gasteiger partial charge in [-0.25, -0.2) is 13.2 Å². The second kappa shape index (κ2) is 11.9. The summed E-state index contributed by atoms with van der Waals surface area (Å²) in [4.78, 5) is 24.4. The molecule has 8 nitrogen and oxygen atoms in total. The van der Waals surface area contributed by atoms with Gasteiger partial charge in [0, 0.05) is 10.7 Å². The van der Waals surface area contributed by atoms with Gasteiger partial charge in [-0.15, -0.1) is 0 Å². The maximum absolute atomic E-state index is 13.8. The molecule has 0 aliphatic heterocycles. The van der Waals surface area contributed by atoms with Gasteiger partial charge >= 0.3 is 5.97 Å². The Morgan fingerprint density at radius 2 is 1.68 bits per heavy atom. The third-order valence-corrected chi connectivity index (χ3v) is 7.65. The highest BCUT2D eigenvalue weighted by Gasteiger charge is 2.29. The van der Waals surface area contributed by atoms with Crippen molar-refractivity contribution < 1.29 is 22.7 Å². The third-order valence-electron chi connectivity index (χ3n) is 5.14. The molecule has 0 bridgehead atoms. The molecule has 0 unspecified atom stereocenters. The molecular weight excluding hydrogens is 537 g/mol. The minimum absolute atomic E-state index is 0.0101. The Morgan fingerprint density at radius 1 is 1.03 bits per heavy atom. The summed E-state index contributed by atoms with van der Waals surface area (Å²) in [5, 5.41) is 9.34. The molecule has 190 valence electrons. The lowest BCUT2D eigenvalue weighted by Gasteiger charge is -2.25. The molecule has 0 aliphatic carbocycles. The topological polar surface area (TPSA) is 131 Å². The van der Waals surface area contributed by atoms with Crippen molar-refractivity contribution in [1.29, 1.82) is 5.26 Å². The molecule has 0 saturated heterocycles. The van der Waals surface area contributed by atoms with Crippen molar-refractivity contribution in [2.24, 2.45) is 5.73 Å². The fraction of sp³-hybridized carbons (Fsp3) is 0.115. The van der Waals surface area contributed by atoms with Gasteiger partial charge in [0.05, 0.1) is 22.8 Å². The van der Waals surface area contributed by atoms with E-state index in [9.17, 15) is 18.0 Å². The number of nitrogens with two attached hydrogens (primary N) is 1. The predicted octanol–water partition coefficient (Wildman–Crippen LogP) is 4.87. The Morgan fingerprint density at radius 3 is 2.27 bits per heavy atom. The van der Waals surface area contributed by atoms with Gasteiger partial charge in [-0.2, -0.15) is 5.26 Å². The number of nitrogens with zero attached hydrogens (tertiary/aromatic N) is 2. The first kappa shape index (κ1) is 27.7. The van der Waals surface area contributed by atoms with Gasteiger partial charge in [0.25, 0.3) is 10.0 Å². The van der Waals surface area contributed by atoms with Crippen LogP contribution in [0.5, 0.6) is 0 Å². The maximum atomic E-state index is 13.8. The molecule has 37 heavy (non-hydrogen) atoms.